The number of hydrogen-bond donors (Lipinski definition) is 0. The van der Waals surface area contributed by atoms with Crippen molar-refractivity contribution in [1.29, 1.82) is 0 Å². The maximum Gasteiger partial charge on any atom is 0.331 e. The van der Waals surface area contributed by atoms with Crippen LogP contribution in [0.1, 0.15) is 0 Å². The number of carbonyl (C=O) groups is 1. The van der Waals surface area contributed by atoms with E-state index in [1.165, 1.54) is 13.2 Å². The smallest absolute Gasteiger partial charge is 0.331 e. The topological polar surface area (TPSA) is 65.0 Å². The number of methoxy groups -OCH3 is 1. The van der Waals surface area contributed by atoms with E-state index >= 15 is 0 Å². The third-order valence-electron chi connectivity index (χ3n) is 0.860. The number of ether oxygens (including phenoxy) is 2. The van der Waals surface area contributed by atoms with Gasteiger partial charge in [0.2, 0.25) is 6.08 Å². The van der Waals surface area contributed by atoms with Crippen molar-refractivity contribution in [3.63, 3.8) is 0 Å². The fraction of sp³-hybridized carbons (Fsp3) is 0.667. The molecule has 0 bridgehead atoms. The number of carbonyl (C=O) groups excluding carboxylic acids is 2. The third kappa shape index (κ3) is 6.70. The predicted octanol–water partition coefficient (Wildman–Crippen LogP) is -0.488. The van der Waals surface area contributed by atoms with Gasteiger partial charge in [0, 0.05) is 0 Å². The van der Waals surface area contributed by atoms with Gasteiger partial charge in [-0.1, -0.05) is 0 Å². The zero-order chi connectivity index (χ0) is 8.53. The monoisotopic (exact) mass is 159 g/mol. The standard InChI is InChI=1S/C6H9NO4/c1-10-6(9)4-11-3-2-7-5-8/h2-4H2,1H3. The molecule has 0 amide bonds. The lowest BCUT2D eigenvalue weighted by molar-refractivity contribution is -0.145. The molecule has 0 heterocycles. The first-order valence-corrected chi connectivity index (χ1v) is 2.99. The van der Waals surface area contributed by atoms with Gasteiger partial charge in [-0.2, -0.15) is 0 Å². The lowest BCUT2D eigenvalue weighted by atomic mass is 10.7. The summed E-state index contributed by atoms with van der Waals surface area (Å²) >= 11 is 0. The highest BCUT2D eigenvalue weighted by molar-refractivity contribution is 5.70. The molecule has 0 aliphatic carbocycles. The van der Waals surface area contributed by atoms with Gasteiger partial charge in [-0.3, -0.25) is 0 Å². The Morgan fingerprint density at radius 2 is 2.36 bits per heavy atom. The highest BCUT2D eigenvalue weighted by Crippen LogP contribution is 1.78. The number of esters is 1. The van der Waals surface area contributed by atoms with E-state index in [1.54, 1.807) is 0 Å². The molecule has 0 radical (unpaired) electrons. The predicted molar refractivity (Wildman–Crippen MR) is 35.8 cm³/mol. The molecular formula is C6H9NO4. The number of nitrogens with zero attached hydrogens (tertiary/aromatic N) is 1. The first kappa shape index (κ1) is 9.81. The normalized spacial score (nSPS) is 8.45. The molecule has 0 saturated heterocycles. The molecule has 0 aromatic heterocycles. The zero-order valence-electron chi connectivity index (χ0n) is 6.20. The largest absolute Gasteiger partial charge is 0.467 e. The second-order valence-electron chi connectivity index (χ2n) is 1.60. The summed E-state index contributed by atoms with van der Waals surface area (Å²) in [6.07, 6.45) is 1.35. The van der Waals surface area contributed by atoms with Gasteiger partial charge in [0.05, 0.1) is 20.3 Å². The fourth-order valence-electron chi connectivity index (χ4n) is 0.370. The van der Waals surface area contributed by atoms with E-state index in [9.17, 15) is 9.59 Å². The molecule has 0 saturated carbocycles. The van der Waals surface area contributed by atoms with Crippen LogP contribution in [0.5, 0.6) is 0 Å². The molecule has 0 aromatic rings. The Labute approximate surface area is 64.0 Å². The molecule has 0 aliphatic heterocycles. The molecular weight excluding hydrogens is 150 g/mol. The first-order chi connectivity index (χ1) is 5.31. The fourth-order valence-corrected chi connectivity index (χ4v) is 0.370. The van der Waals surface area contributed by atoms with Crippen molar-refractivity contribution in [2.45, 2.75) is 0 Å². The summed E-state index contributed by atoms with van der Waals surface area (Å²) in [6, 6.07) is 0. The quantitative estimate of drug-likeness (QED) is 0.235. The zero-order valence-corrected chi connectivity index (χ0v) is 6.20. The molecule has 5 nitrogen and oxygen atoms in total. The van der Waals surface area contributed by atoms with Gasteiger partial charge in [0.1, 0.15) is 6.61 Å². The molecule has 5 heteroatoms. The number of hydrogen-bond acceptors (Lipinski definition) is 5. The SMILES string of the molecule is COC(=O)COCCN=C=O. The van der Waals surface area contributed by atoms with E-state index < -0.39 is 5.97 Å². The first-order valence-electron chi connectivity index (χ1n) is 2.99. The molecule has 0 unspecified atom stereocenters. The Morgan fingerprint density at radius 1 is 1.64 bits per heavy atom. The Morgan fingerprint density at radius 3 is 2.91 bits per heavy atom. The minimum absolute atomic E-state index is 0.106. The minimum atomic E-state index is -0.444. The van der Waals surface area contributed by atoms with Gasteiger partial charge in [0.25, 0.3) is 0 Å². The van der Waals surface area contributed by atoms with E-state index in [0.29, 0.717) is 0 Å². The molecule has 62 valence electrons. The van der Waals surface area contributed by atoms with Crippen LogP contribution in [0.3, 0.4) is 0 Å². The second-order valence-corrected chi connectivity index (χ2v) is 1.60. The molecule has 11 heavy (non-hydrogen) atoms. The molecule has 0 atom stereocenters. The molecule has 0 fully saturated rings. The van der Waals surface area contributed by atoms with Crippen LogP contribution in [0.15, 0.2) is 4.99 Å². The number of aliphatic imine (C=N–C) groups is 1. The summed E-state index contributed by atoms with van der Waals surface area (Å²) in [4.78, 5) is 23.1. The average Bonchev–Trinajstić information content (AvgIpc) is 2.04. The maximum atomic E-state index is 10.4. The lowest BCUT2D eigenvalue weighted by Crippen LogP contribution is -2.11. The van der Waals surface area contributed by atoms with Crippen LogP contribution in [-0.2, 0) is 19.1 Å². The summed E-state index contributed by atoms with van der Waals surface area (Å²) in [5, 5.41) is 0. The summed E-state index contributed by atoms with van der Waals surface area (Å²) < 4.78 is 9.03. The van der Waals surface area contributed by atoms with Crippen molar-refractivity contribution >= 4 is 12.0 Å². The van der Waals surface area contributed by atoms with E-state index in [2.05, 4.69) is 9.73 Å². The Balaban J connectivity index is 3.14. The molecule has 0 aliphatic rings. The summed E-state index contributed by atoms with van der Waals surface area (Å²) in [7, 11) is 1.27. The van der Waals surface area contributed by atoms with Gasteiger partial charge < -0.3 is 9.47 Å². The third-order valence-corrected chi connectivity index (χ3v) is 0.860. The highest BCUT2D eigenvalue weighted by Gasteiger charge is 1.97. The van der Waals surface area contributed by atoms with Crippen LogP contribution in [-0.4, -0.2) is 38.9 Å². The van der Waals surface area contributed by atoms with E-state index in [0.717, 1.165) is 0 Å². The molecule has 0 N–H and O–H groups in total. The maximum absolute atomic E-state index is 10.4. The van der Waals surface area contributed by atoms with Crippen LogP contribution in [0.2, 0.25) is 0 Å². The van der Waals surface area contributed by atoms with Crippen molar-refractivity contribution in [2.75, 3.05) is 26.9 Å². The van der Waals surface area contributed by atoms with Crippen LogP contribution in [0.25, 0.3) is 0 Å². The van der Waals surface area contributed by atoms with Crippen molar-refractivity contribution in [3.8, 4) is 0 Å². The highest BCUT2D eigenvalue weighted by atomic mass is 16.6. The van der Waals surface area contributed by atoms with Gasteiger partial charge in [0.15, 0.2) is 0 Å². The number of rotatable bonds is 5. The van der Waals surface area contributed by atoms with Gasteiger partial charge in [-0.15, -0.1) is 0 Å². The van der Waals surface area contributed by atoms with Crippen molar-refractivity contribution in [3.05, 3.63) is 0 Å². The van der Waals surface area contributed by atoms with E-state index in [-0.39, 0.29) is 19.8 Å². The molecule has 0 rings (SSSR count). The molecule has 0 aromatic carbocycles. The van der Waals surface area contributed by atoms with Gasteiger partial charge >= 0.3 is 5.97 Å². The molecule has 0 spiro atoms. The van der Waals surface area contributed by atoms with Gasteiger partial charge in [-0.25, -0.2) is 14.6 Å². The minimum Gasteiger partial charge on any atom is -0.467 e. The Hall–Kier alpha value is -1.19. The summed E-state index contributed by atoms with van der Waals surface area (Å²) in [5.74, 6) is -0.444. The van der Waals surface area contributed by atoms with Crippen LogP contribution >= 0.6 is 0 Å². The Bertz CT molecular complexity index is 162. The summed E-state index contributed by atoms with van der Waals surface area (Å²) in [5.41, 5.74) is 0. The van der Waals surface area contributed by atoms with Crippen molar-refractivity contribution in [2.24, 2.45) is 4.99 Å². The van der Waals surface area contributed by atoms with Crippen LogP contribution in [0, 0.1) is 0 Å². The van der Waals surface area contributed by atoms with Gasteiger partial charge in [-0.05, 0) is 0 Å². The summed E-state index contributed by atoms with van der Waals surface area (Å²) in [6.45, 7) is 0.343. The number of isocyanates is 1. The van der Waals surface area contributed by atoms with E-state index in [1.807, 2.05) is 0 Å². The lowest BCUT2D eigenvalue weighted by Gasteiger charge is -1.98. The average molecular weight is 159 g/mol. The van der Waals surface area contributed by atoms with Crippen LogP contribution < -0.4 is 0 Å². The van der Waals surface area contributed by atoms with Crippen LogP contribution in [0.4, 0.5) is 0 Å². The Kier molecular flexibility index (Phi) is 6.17. The van der Waals surface area contributed by atoms with Crippen molar-refractivity contribution in [1.82, 2.24) is 0 Å². The second kappa shape index (κ2) is 6.92. The van der Waals surface area contributed by atoms with Crippen molar-refractivity contribution < 1.29 is 19.1 Å². The van der Waals surface area contributed by atoms with E-state index in [4.69, 9.17) is 4.74 Å².